The Hall–Kier alpha value is -3.18. The Morgan fingerprint density at radius 1 is 0.742 bits per heavy atom. The number of anilines is 1. The van der Waals surface area contributed by atoms with Crippen LogP contribution in [0.2, 0.25) is 0 Å². The molecule has 4 nitrogen and oxygen atoms in total. The van der Waals surface area contributed by atoms with Crippen molar-refractivity contribution in [2.45, 2.75) is 13.1 Å². The van der Waals surface area contributed by atoms with E-state index in [1.807, 2.05) is 53.4 Å². The van der Waals surface area contributed by atoms with E-state index >= 15 is 0 Å². The number of halogens is 1. The lowest BCUT2D eigenvalue weighted by Gasteiger charge is -2.36. The molecule has 0 aromatic heterocycles. The molecule has 0 spiro atoms. The van der Waals surface area contributed by atoms with E-state index in [-0.39, 0.29) is 11.7 Å². The van der Waals surface area contributed by atoms with Gasteiger partial charge in [0.2, 0.25) is 5.91 Å². The molecular formula is C26H28FN3O. The third-order valence-corrected chi connectivity index (χ3v) is 5.71. The smallest absolute Gasteiger partial charge is 0.237 e. The van der Waals surface area contributed by atoms with Crippen molar-refractivity contribution in [3.05, 3.63) is 102 Å². The van der Waals surface area contributed by atoms with Crippen LogP contribution in [0.25, 0.3) is 0 Å². The molecule has 0 bridgehead atoms. The minimum absolute atomic E-state index is 0.118. The highest BCUT2D eigenvalue weighted by atomic mass is 19.1. The van der Waals surface area contributed by atoms with Crippen LogP contribution in [0.1, 0.15) is 11.1 Å². The summed E-state index contributed by atoms with van der Waals surface area (Å²) in [7, 11) is 0. The topological polar surface area (TPSA) is 26.8 Å². The van der Waals surface area contributed by atoms with Gasteiger partial charge >= 0.3 is 0 Å². The normalized spacial score (nSPS) is 14.4. The van der Waals surface area contributed by atoms with Crippen LogP contribution in [0.3, 0.4) is 0 Å². The predicted octanol–water partition coefficient (Wildman–Crippen LogP) is 4.18. The number of amides is 1. The zero-order valence-corrected chi connectivity index (χ0v) is 17.7. The van der Waals surface area contributed by atoms with Crippen molar-refractivity contribution in [3.63, 3.8) is 0 Å². The standard InChI is InChI=1S/C26H28FN3O/c27-24-13-7-8-14-25(24)29-17-15-28(16-18-29)21-26(31)30(19-22-9-3-1-4-10-22)20-23-11-5-2-6-12-23/h1-14H,15-21H2. The molecule has 31 heavy (non-hydrogen) atoms. The number of nitrogens with zero attached hydrogens (tertiary/aromatic N) is 3. The highest BCUT2D eigenvalue weighted by Gasteiger charge is 2.23. The Labute approximate surface area is 183 Å². The first-order valence-corrected chi connectivity index (χ1v) is 10.8. The number of benzene rings is 3. The van der Waals surface area contributed by atoms with E-state index in [9.17, 15) is 9.18 Å². The quantitative estimate of drug-likeness (QED) is 0.577. The Balaban J connectivity index is 1.38. The highest BCUT2D eigenvalue weighted by Crippen LogP contribution is 2.20. The molecule has 3 aromatic rings. The summed E-state index contributed by atoms with van der Waals surface area (Å²) in [5.74, 6) is -0.0732. The van der Waals surface area contributed by atoms with Gasteiger partial charge < -0.3 is 9.80 Å². The molecule has 0 atom stereocenters. The summed E-state index contributed by atoms with van der Waals surface area (Å²) in [5, 5.41) is 0. The van der Waals surface area contributed by atoms with Crippen LogP contribution in [0, 0.1) is 5.82 Å². The third kappa shape index (κ3) is 5.70. The van der Waals surface area contributed by atoms with E-state index in [0.29, 0.717) is 38.4 Å². The molecule has 4 rings (SSSR count). The van der Waals surface area contributed by atoms with E-state index in [4.69, 9.17) is 0 Å². The minimum atomic E-state index is -0.191. The maximum Gasteiger partial charge on any atom is 0.237 e. The van der Waals surface area contributed by atoms with Crippen molar-refractivity contribution in [2.75, 3.05) is 37.6 Å². The Morgan fingerprint density at radius 2 is 1.26 bits per heavy atom. The molecule has 0 aliphatic carbocycles. The van der Waals surface area contributed by atoms with Crippen LogP contribution in [0.5, 0.6) is 0 Å². The van der Waals surface area contributed by atoms with Crippen LogP contribution in [0.15, 0.2) is 84.9 Å². The van der Waals surface area contributed by atoms with Crippen LogP contribution in [0.4, 0.5) is 10.1 Å². The summed E-state index contributed by atoms with van der Waals surface area (Å²) in [5.41, 5.74) is 2.88. The molecule has 1 aliphatic rings. The van der Waals surface area contributed by atoms with Crippen molar-refractivity contribution in [1.29, 1.82) is 0 Å². The number of carbonyl (C=O) groups is 1. The molecule has 0 radical (unpaired) electrons. The van der Waals surface area contributed by atoms with E-state index in [1.165, 1.54) is 6.07 Å². The Kier molecular flexibility index (Phi) is 6.95. The minimum Gasteiger partial charge on any atom is -0.367 e. The van der Waals surface area contributed by atoms with Crippen LogP contribution in [-0.2, 0) is 17.9 Å². The monoisotopic (exact) mass is 417 g/mol. The predicted molar refractivity (Wildman–Crippen MR) is 122 cm³/mol. The largest absolute Gasteiger partial charge is 0.367 e. The van der Waals surface area contributed by atoms with Gasteiger partial charge in [0.25, 0.3) is 0 Å². The van der Waals surface area contributed by atoms with E-state index in [0.717, 1.165) is 24.2 Å². The number of piperazine rings is 1. The molecule has 0 unspecified atom stereocenters. The maximum absolute atomic E-state index is 14.1. The molecule has 3 aromatic carbocycles. The fourth-order valence-electron chi connectivity index (χ4n) is 3.99. The second-order valence-corrected chi connectivity index (χ2v) is 7.94. The highest BCUT2D eigenvalue weighted by molar-refractivity contribution is 5.78. The zero-order chi connectivity index (χ0) is 21.5. The summed E-state index contributed by atoms with van der Waals surface area (Å²) in [6.45, 7) is 4.46. The average Bonchev–Trinajstić information content (AvgIpc) is 2.81. The first-order valence-electron chi connectivity index (χ1n) is 10.8. The van der Waals surface area contributed by atoms with Crippen molar-refractivity contribution >= 4 is 11.6 Å². The second-order valence-electron chi connectivity index (χ2n) is 7.94. The summed E-state index contributed by atoms with van der Waals surface area (Å²) in [4.78, 5) is 19.4. The Bertz CT molecular complexity index is 931. The van der Waals surface area contributed by atoms with E-state index in [2.05, 4.69) is 34.1 Å². The molecule has 0 N–H and O–H groups in total. The summed E-state index contributed by atoms with van der Waals surface area (Å²) in [6, 6.07) is 27.1. The third-order valence-electron chi connectivity index (χ3n) is 5.71. The molecule has 1 heterocycles. The van der Waals surface area contributed by atoms with Gasteiger partial charge in [0, 0.05) is 39.3 Å². The van der Waals surface area contributed by atoms with Gasteiger partial charge in [0.15, 0.2) is 0 Å². The van der Waals surface area contributed by atoms with Crippen LogP contribution >= 0.6 is 0 Å². The van der Waals surface area contributed by atoms with Gasteiger partial charge in [0.05, 0.1) is 12.2 Å². The fraction of sp³-hybridized carbons (Fsp3) is 0.269. The SMILES string of the molecule is O=C(CN1CCN(c2ccccc2F)CC1)N(Cc1ccccc1)Cc1ccccc1. The van der Waals surface area contributed by atoms with Gasteiger partial charge in [-0.3, -0.25) is 9.69 Å². The van der Waals surface area contributed by atoms with E-state index < -0.39 is 0 Å². The van der Waals surface area contributed by atoms with Gasteiger partial charge in [-0.2, -0.15) is 0 Å². The van der Waals surface area contributed by atoms with Crippen molar-refractivity contribution in [1.82, 2.24) is 9.80 Å². The van der Waals surface area contributed by atoms with Crippen LogP contribution in [-0.4, -0.2) is 48.4 Å². The molecule has 1 aliphatic heterocycles. The molecule has 1 amide bonds. The van der Waals surface area contributed by atoms with Gasteiger partial charge in [-0.15, -0.1) is 0 Å². The zero-order valence-electron chi connectivity index (χ0n) is 17.7. The summed E-state index contributed by atoms with van der Waals surface area (Å²) >= 11 is 0. The first-order chi connectivity index (χ1) is 15.2. The average molecular weight is 418 g/mol. The molecule has 160 valence electrons. The van der Waals surface area contributed by atoms with Gasteiger partial charge in [-0.25, -0.2) is 4.39 Å². The number of rotatable bonds is 7. The van der Waals surface area contributed by atoms with E-state index in [1.54, 1.807) is 6.07 Å². The van der Waals surface area contributed by atoms with Gasteiger partial charge in [-0.05, 0) is 23.3 Å². The molecule has 1 saturated heterocycles. The molecule has 0 saturated carbocycles. The van der Waals surface area contributed by atoms with Crippen molar-refractivity contribution in [3.8, 4) is 0 Å². The number of para-hydroxylation sites is 1. The van der Waals surface area contributed by atoms with Gasteiger partial charge in [0.1, 0.15) is 5.82 Å². The van der Waals surface area contributed by atoms with Crippen molar-refractivity contribution in [2.24, 2.45) is 0 Å². The van der Waals surface area contributed by atoms with Crippen molar-refractivity contribution < 1.29 is 9.18 Å². The molecular weight excluding hydrogens is 389 g/mol. The number of hydrogen-bond acceptors (Lipinski definition) is 3. The molecule has 1 fully saturated rings. The lowest BCUT2D eigenvalue weighted by Crippen LogP contribution is -2.50. The summed E-state index contributed by atoms with van der Waals surface area (Å²) in [6.07, 6.45) is 0. The van der Waals surface area contributed by atoms with Crippen LogP contribution < -0.4 is 4.90 Å². The first kappa shape index (κ1) is 21.1. The fourth-order valence-corrected chi connectivity index (χ4v) is 3.99. The van der Waals surface area contributed by atoms with Gasteiger partial charge in [-0.1, -0.05) is 72.8 Å². The molecule has 5 heteroatoms. The number of carbonyl (C=O) groups excluding carboxylic acids is 1. The number of hydrogen-bond donors (Lipinski definition) is 0. The lowest BCUT2D eigenvalue weighted by molar-refractivity contribution is -0.133. The second kappa shape index (κ2) is 10.2. The maximum atomic E-state index is 14.1. The summed E-state index contributed by atoms with van der Waals surface area (Å²) < 4.78 is 14.1. The Morgan fingerprint density at radius 3 is 1.81 bits per heavy atom. The lowest BCUT2D eigenvalue weighted by atomic mass is 10.1.